The van der Waals surface area contributed by atoms with Crippen LogP contribution in [0.5, 0.6) is 11.5 Å². The van der Waals surface area contributed by atoms with Gasteiger partial charge < -0.3 is 20.1 Å². The Hall–Kier alpha value is -4.06. The van der Waals surface area contributed by atoms with Crippen LogP contribution in [0.4, 0.5) is 17.3 Å². The third-order valence-corrected chi connectivity index (χ3v) is 4.72. The minimum absolute atomic E-state index is 0.248. The molecule has 2 N–H and O–H groups in total. The number of anilines is 3. The monoisotopic (exact) mass is 396 g/mol. The molecule has 0 fully saturated rings. The lowest BCUT2D eigenvalue weighted by Gasteiger charge is -2.12. The fraction of sp³-hybridized carbons (Fsp3) is 0.0833. The number of hydrogen-bond acceptors (Lipinski definition) is 6. The van der Waals surface area contributed by atoms with Crippen molar-refractivity contribution in [1.29, 1.82) is 0 Å². The smallest absolute Gasteiger partial charge is 0.231 e. The quantitative estimate of drug-likeness (QED) is 0.465. The summed E-state index contributed by atoms with van der Waals surface area (Å²) >= 11 is 0. The van der Waals surface area contributed by atoms with Gasteiger partial charge in [-0.2, -0.15) is 0 Å². The fourth-order valence-corrected chi connectivity index (χ4v) is 3.23. The number of ether oxygens (including phenoxy) is 2. The first-order valence-electron chi connectivity index (χ1n) is 9.72. The second-order valence-corrected chi connectivity index (χ2v) is 6.86. The molecule has 0 spiro atoms. The Balaban J connectivity index is 1.44. The molecule has 6 heteroatoms. The van der Waals surface area contributed by atoms with Gasteiger partial charge in [-0.3, -0.25) is 0 Å². The summed E-state index contributed by atoms with van der Waals surface area (Å²) in [5.74, 6) is 3.56. The van der Waals surface area contributed by atoms with Crippen LogP contribution in [0.3, 0.4) is 0 Å². The van der Waals surface area contributed by atoms with E-state index in [0.717, 1.165) is 28.6 Å². The number of fused-ring (bicyclic) bond motifs is 1. The predicted octanol–water partition coefficient (Wildman–Crippen LogP) is 5.23. The minimum Gasteiger partial charge on any atom is -0.454 e. The van der Waals surface area contributed by atoms with E-state index in [9.17, 15) is 0 Å². The minimum atomic E-state index is 0.248. The van der Waals surface area contributed by atoms with E-state index < -0.39 is 0 Å². The highest BCUT2D eigenvalue weighted by Crippen LogP contribution is 2.35. The molecule has 1 aliphatic rings. The summed E-state index contributed by atoms with van der Waals surface area (Å²) < 4.78 is 10.9. The van der Waals surface area contributed by atoms with E-state index in [1.54, 1.807) is 0 Å². The van der Waals surface area contributed by atoms with E-state index in [0.29, 0.717) is 18.2 Å². The highest BCUT2D eigenvalue weighted by molar-refractivity contribution is 5.67. The molecule has 0 unspecified atom stereocenters. The predicted molar refractivity (Wildman–Crippen MR) is 117 cm³/mol. The van der Waals surface area contributed by atoms with Gasteiger partial charge in [0.1, 0.15) is 11.6 Å². The molecule has 2 heterocycles. The summed E-state index contributed by atoms with van der Waals surface area (Å²) in [6.45, 7) is 0.924. The van der Waals surface area contributed by atoms with Gasteiger partial charge in [-0.1, -0.05) is 60.7 Å². The molecule has 6 nitrogen and oxygen atoms in total. The molecule has 30 heavy (non-hydrogen) atoms. The first-order chi connectivity index (χ1) is 14.8. The third kappa shape index (κ3) is 4.03. The second-order valence-electron chi connectivity index (χ2n) is 6.86. The molecule has 4 aromatic rings. The summed E-state index contributed by atoms with van der Waals surface area (Å²) in [5.41, 5.74) is 3.00. The Bertz CT molecular complexity index is 1150. The Morgan fingerprint density at radius 3 is 2.30 bits per heavy atom. The number of hydrogen-bond donors (Lipinski definition) is 2. The van der Waals surface area contributed by atoms with Gasteiger partial charge in [0.15, 0.2) is 17.3 Å². The molecule has 1 aliphatic heterocycles. The van der Waals surface area contributed by atoms with Gasteiger partial charge in [0.25, 0.3) is 0 Å². The molecular weight excluding hydrogens is 376 g/mol. The molecule has 0 radical (unpaired) electrons. The number of aromatic nitrogens is 2. The van der Waals surface area contributed by atoms with Crippen LogP contribution in [-0.2, 0) is 6.54 Å². The van der Waals surface area contributed by atoms with Crippen molar-refractivity contribution >= 4 is 17.3 Å². The van der Waals surface area contributed by atoms with Crippen molar-refractivity contribution in [1.82, 2.24) is 9.97 Å². The zero-order chi connectivity index (χ0) is 20.2. The van der Waals surface area contributed by atoms with Crippen molar-refractivity contribution < 1.29 is 9.47 Å². The van der Waals surface area contributed by atoms with Crippen molar-refractivity contribution in [2.45, 2.75) is 6.54 Å². The van der Waals surface area contributed by atoms with Crippen LogP contribution in [0.15, 0.2) is 84.9 Å². The molecule has 0 saturated heterocycles. The lowest BCUT2D eigenvalue weighted by Crippen LogP contribution is -2.05. The second kappa shape index (κ2) is 8.13. The molecule has 0 atom stereocenters. The fourth-order valence-electron chi connectivity index (χ4n) is 3.23. The van der Waals surface area contributed by atoms with Crippen molar-refractivity contribution in [2.75, 3.05) is 17.4 Å². The van der Waals surface area contributed by atoms with Crippen molar-refractivity contribution in [3.05, 3.63) is 90.5 Å². The van der Waals surface area contributed by atoms with Crippen molar-refractivity contribution in [2.24, 2.45) is 0 Å². The maximum atomic E-state index is 5.47. The Labute approximate surface area is 174 Å². The standard InChI is InChI=1S/C24H20N4O2/c1-3-7-17(8-4-1)15-25-22-14-23(28-24(27-22)18-9-5-2-6-10-18)26-19-11-12-20-21(13-19)30-16-29-20/h1-14H,15-16H2,(H2,25,26,27,28). The first-order valence-corrected chi connectivity index (χ1v) is 9.72. The van der Waals surface area contributed by atoms with E-state index in [1.807, 2.05) is 72.8 Å². The van der Waals surface area contributed by atoms with Crippen LogP contribution in [0.25, 0.3) is 11.4 Å². The number of rotatable bonds is 6. The van der Waals surface area contributed by atoms with E-state index in [4.69, 9.17) is 19.4 Å². The van der Waals surface area contributed by atoms with Gasteiger partial charge in [-0.25, -0.2) is 9.97 Å². The van der Waals surface area contributed by atoms with E-state index in [1.165, 1.54) is 5.56 Å². The summed E-state index contributed by atoms with van der Waals surface area (Å²) in [6.07, 6.45) is 0. The molecule has 3 aromatic carbocycles. The Morgan fingerprint density at radius 2 is 1.47 bits per heavy atom. The van der Waals surface area contributed by atoms with Gasteiger partial charge in [-0.15, -0.1) is 0 Å². The normalized spacial score (nSPS) is 11.9. The van der Waals surface area contributed by atoms with E-state index in [-0.39, 0.29) is 6.79 Å². The maximum absolute atomic E-state index is 5.47. The lowest BCUT2D eigenvalue weighted by atomic mass is 10.2. The topological polar surface area (TPSA) is 68.3 Å². The molecule has 148 valence electrons. The van der Waals surface area contributed by atoms with Crippen LogP contribution in [0.2, 0.25) is 0 Å². The molecule has 0 aliphatic carbocycles. The van der Waals surface area contributed by atoms with E-state index >= 15 is 0 Å². The summed E-state index contributed by atoms with van der Waals surface area (Å²) in [5, 5.41) is 6.76. The van der Waals surface area contributed by atoms with Crippen molar-refractivity contribution in [3.63, 3.8) is 0 Å². The highest BCUT2D eigenvalue weighted by Gasteiger charge is 2.14. The molecule has 0 saturated carbocycles. The SMILES string of the molecule is c1ccc(CNc2cc(Nc3ccc4c(c3)OCO4)nc(-c3ccccc3)n2)cc1. The Kier molecular flexibility index (Phi) is 4.88. The third-order valence-electron chi connectivity index (χ3n) is 4.72. The zero-order valence-electron chi connectivity index (χ0n) is 16.2. The number of nitrogens with zero attached hydrogens (tertiary/aromatic N) is 2. The number of nitrogens with one attached hydrogen (secondary N) is 2. The molecule has 0 amide bonds. The lowest BCUT2D eigenvalue weighted by molar-refractivity contribution is 0.174. The van der Waals surface area contributed by atoms with Crippen molar-refractivity contribution in [3.8, 4) is 22.9 Å². The van der Waals surface area contributed by atoms with E-state index in [2.05, 4.69) is 22.8 Å². The molecule has 1 aromatic heterocycles. The summed E-state index contributed by atoms with van der Waals surface area (Å²) in [4.78, 5) is 9.42. The van der Waals surface area contributed by atoms with Crippen LogP contribution in [0, 0.1) is 0 Å². The Morgan fingerprint density at radius 1 is 0.733 bits per heavy atom. The van der Waals surface area contributed by atoms with Gasteiger partial charge in [0.2, 0.25) is 6.79 Å². The molecular formula is C24H20N4O2. The average Bonchev–Trinajstić information content (AvgIpc) is 3.27. The van der Waals surface area contributed by atoms with Crippen LogP contribution in [-0.4, -0.2) is 16.8 Å². The first kappa shape index (κ1) is 18.0. The van der Waals surface area contributed by atoms with Crippen LogP contribution >= 0.6 is 0 Å². The van der Waals surface area contributed by atoms with Gasteiger partial charge in [0.05, 0.1) is 0 Å². The number of benzene rings is 3. The largest absolute Gasteiger partial charge is 0.454 e. The summed E-state index contributed by atoms with van der Waals surface area (Å²) in [7, 11) is 0. The highest BCUT2D eigenvalue weighted by atomic mass is 16.7. The maximum Gasteiger partial charge on any atom is 0.231 e. The van der Waals surface area contributed by atoms with Crippen LogP contribution in [0.1, 0.15) is 5.56 Å². The van der Waals surface area contributed by atoms with Gasteiger partial charge in [-0.05, 0) is 17.7 Å². The van der Waals surface area contributed by atoms with Crippen LogP contribution < -0.4 is 20.1 Å². The molecule has 0 bridgehead atoms. The summed E-state index contributed by atoms with van der Waals surface area (Å²) in [6, 6.07) is 27.8. The van der Waals surface area contributed by atoms with Gasteiger partial charge >= 0.3 is 0 Å². The zero-order valence-corrected chi connectivity index (χ0v) is 16.2. The van der Waals surface area contributed by atoms with Gasteiger partial charge in [0, 0.05) is 29.9 Å². The molecule has 5 rings (SSSR count). The average molecular weight is 396 g/mol.